The lowest BCUT2D eigenvalue weighted by molar-refractivity contribution is 0.0520. The van der Waals surface area contributed by atoms with Gasteiger partial charge < -0.3 is 15.2 Å². The zero-order chi connectivity index (χ0) is 16.5. The monoisotopic (exact) mass is 345 g/mol. The molecule has 1 aromatic rings. The number of halogens is 2. The van der Waals surface area contributed by atoms with Gasteiger partial charge in [-0.25, -0.2) is 4.79 Å². The van der Waals surface area contributed by atoms with E-state index in [0.717, 1.165) is 12.0 Å². The van der Waals surface area contributed by atoms with Crippen molar-refractivity contribution in [1.29, 1.82) is 0 Å². The standard InChI is InChI=1S/C16H21Cl2NO3/c1-15(2,3)22-14(21)19-9-16(7-11(16)8-20)10-4-5-12(17)13(18)6-10/h4-6,11,20H,7-9H2,1-3H3,(H,19,21)/t11-,16+/m1/s1. The first kappa shape index (κ1) is 17.4. The quantitative estimate of drug-likeness (QED) is 0.873. The summed E-state index contributed by atoms with van der Waals surface area (Å²) in [5, 5.41) is 13.2. The first-order valence-corrected chi connectivity index (χ1v) is 7.97. The summed E-state index contributed by atoms with van der Waals surface area (Å²) in [7, 11) is 0. The van der Waals surface area contributed by atoms with E-state index in [-0.39, 0.29) is 17.9 Å². The normalized spacial score (nSPS) is 24.0. The molecule has 1 amide bonds. The van der Waals surface area contributed by atoms with E-state index >= 15 is 0 Å². The Morgan fingerprint density at radius 2 is 2.09 bits per heavy atom. The van der Waals surface area contributed by atoms with Crippen LogP contribution in [-0.4, -0.2) is 30.0 Å². The number of alkyl carbamates (subject to hydrolysis) is 1. The average molecular weight is 346 g/mol. The highest BCUT2D eigenvalue weighted by atomic mass is 35.5. The van der Waals surface area contributed by atoms with Gasteiger partial charge in [-0.3, -0.25) is 0 Å². The van der Waals surface area contributed by atoms with E-state index in [9.17, 15) is 9.90 Å². The summed E-state index contributed by atoms with van der Waals surface area (Å²) in [6, 6.07) is 5.43. The van der Waals surface area contributed by atoms with Crippen LogP contribution in [0.3, 0.4) is 0 Å². The Balaban J connectivity index is 2.10. The van der Waals surface area contributed by atoms with Gasteiger partial charge >= 0.3 is 6.09 Å². The molecule has 0 aromatic heterocycles. The maximum absolute atomic E-state index is 11.8. The van der Waals surface area contributed by atoms with Gasteiger partial charge in [0.1, 0.15) is 5.60 Å². The molecule has 0 saturated heterocycles. The fraction of sp³-hybridized carbons (Fsp3) is 0.562. The Kier molecular flexibility index (Phi) is 4.95. The number of rotatable bonds is 4. The van der Waals surface area contributed by atoms with Crippen molar-refractivity contribution in [3.8, 4) is 0 Å². The highest BCUT2D eigenvalue weighted by molar-refractivity contribution is 6.42. The van der Waals surface area contributed by atoms with Gasteiger partial charge in [0.2, 0.25) is 0 Å². The summed E-state index contributed by atoms with van der Waals surface area (Å²) < 4.78 is 5.25. The smallest absolute Gasteiger partial charge is 0.407 e. The Labute approximate surface area is 140 Å². The molecule has 0 bridgehead atoms. The number of hydrogen-bond donors (Lipinski definition) is 2. The Morgan fingerprint density at radius 1 is 1.41 bits per heavy atom. The third-order valence-corrected chi connectivity index (χ3v) is 4.63. The molecule has 0 radical (unpaired) electrons. The molecule has 0 unspecified atom stereocenters. The fourth-order valence-corrected chi connectivity index (χ4v) is 2.94. The molecule has 1 saturated carbocycles. The Bertz CT molecular complexity index is 571. The van der Waals surface area contributed by atoms with Gasteiger partial charge in [-0.05, 0) is 50.8 Å². The largest absolute Gasteiger partial charge is 0.444 e. The molecule has 0 aliphatic heterocycles. The molecule has 1 aromatic carbocycles. The zero-order valence-corrected chi connectivity index (χ0v) is 14.5. The second kappa shape index (κ2) is 6.26. The SMILES string of the molecule is CC(C)(C)OC(=O)NC[C@]1(c2ccc(Cl)c(Cl)c2)C[C@@H]1CO. The van der Waals surface area contributed by atoms with E-state index in [1.165, 1.54) is 0 Å². The molecule has 6 heteroatoms. The first-order chi connectivity index (χ1) is 10.2. The van der Waals surface area contributed by atoms with E-state index in [2.05, 4.69) is 5.32 Å². The van der Waals surface area contributed by atoms with Crippen molar-refractivity contribution in [3.05, 3.63) is 33.8 Å². The topological polar surface area (TPSA) is 58.6 Å². The lowest BCUT2D eigenvalue weighted by atomic mass is 9.93. The van der Waals surface area contributed by atoms with Crippen molar-refractivity contribution >= 4 is 29.3 Å². The van der Waals surface area contributed by atoms with Crippen LogP contribution in [0.5, 0.6) is 0 Å². The van der Waals surface area contributed by atoms with Crippen molar-refractivity contribution in [2.75, 3.05) is 13.2 Å². The zero-order valence-electron chi connectivity index (χ0n) is 13.0. The molecule has 22 heavy (non-hydrogen) atoms. The Hall–Kier alpha value is -0.970. The molecule has 4 nitrogen and oxygen atoms in total. The first-order valence-electron chi connectivity index (χ1n) is 7.21. The third-order valence-electron chi connectivity index (χ3n) is 3.89. The summed E-state index contributed by atoms with van der Waals surface area (Å²) in [4.78, 5) is 11.8. The van der Waals surface area contributed by atoms with Gasteiger partial charge in [0.05, 0.1) is 10.0 Å². The van der Waals surface area contributed by atoms with Crippen molar-refractivity contribution in [2.45, 2.75) is 38.2 Å². The second-order valence-corrected chi connectivity index (χ2v) is 7.54. The van der Waals surface area contributed by atoms with Gasteiger partial charge in [0.25, 0.3) is 0 Å². The van der Waals surface area contributed by atoms with Crippen LogP contribution in [0.15, 0.2) is 18.2 Å². The third kappa shape index (κ3) is 3.86. The number of amides is 1. The number of aliphatic hydroxyl groups excluding tert-OH is 1. The number of carbonyl (C=O) groups is 1. The fourth-order valence-electron chi connectivity index (χ4n) is 2.64. The number of carbonyl (C=O) groups excluding carboxylic acids is 1. The van der Waals surface area contributed by atoms with Gasteiger partial charge in [0.15, 0.2) is 0 Å². The number of benzene rings is 1. The Morgan fingerprint density at radius 3 is 2.59 bits per heavy atom. The molecule has 122 valence electrons. The van der Waals surface area contributed by atoms with E-state index < -0.39 is 11.7 Å². The maximum atomic E-state index is 11.8. The highest BCUT2D eigenvalue weighted by Crippen LogP contribution is 2.54. The number of ether oxygens (including phenoxy) is 1. The molecule has 0 spiro atoms. The summed E-state index contributed by atoms with van der Waals surface area (Å²) in [5.41, 5.74) is 0.123. The van der Waals surface area contributed by atoms with Gasteiger partial charge in [0, 0.05) is 18.6 Å². The predicted molar refractivity (Wildman–Crippen MR) is 87.6 cm³/mol. The second-order valence-electron chi connectivity index (χ2n) is 6.72. The van der Waals surface area contributed by atoms with E-state index in [4.69, 9.17) is 27.9 Å². The van der Waals surface area contributed by atoms with Gasteiger partial charge in [-0.1, -0.05) is 29.3 Å². The van der Waals surface area contributed by atoms with Crippen LogP contribution in [0, 0.1) is 5.92 Å². The van der Waals surface area contributed by atoms with Crippen LogP contribution in [-0.2, 0) is 10.2 Å². The van der Waals surface area contributed by atoms with Crippen molar-refractivity contribution < 1.29 is 14.6 Å². The van der Waals surface area contributed by atoms with Crippen molar-refractivity contribution in [1.82, 2.24) is 5.32 Å². The number of aliphatic hydroxyl groups is 1. The molecule has 2 rings (SSSR count). The number of hydrogen-bond acceptors (Lipinski definition) is 3. The van der Waals surface area contributed by atoms with Crippen LogP contribution in [0.4, 0.5) is 4.79 Å². The minimum absolute atomic E-state index is 0.0657. The summed E-state index contributed by atoms with van der Waals surface area (Å²) in [6.07, 6.45) is 0.326. The van der Waals surface area contributed by atoms with Gasteiger partial charge in [-0.2, -0.15) is 0 Å². The predicted octanol–water partition coefficient (Wildman–Crippen LogP) is 3.77. The molecule has 2 N–H and O–H groups in total. The minimum Gasteiger partial charge on any atom is -0.444 e. The van der Waals surface area contributed by atoms with E-state index in [1.54, 1.807) is 12.1 Å². The van der Waals surface area contributed by atoms with Crippen LogP contribution in [0.25, 0.3) is 0 Å². The molecular weight excluding hydrogens is 325 g/mol. The summed E-state index contributed by atoms with van der Waals surface area (Å²) >= 11 is 12.0. The van der Waals surface area contributed by atoms with Gasteiger partial charge in [-0.15, -0.1) is 0 Å². The molecule has 2 atom stereocenters. The molecule has 1 fully saturated rings. The van der Waals surface area contributed by atoms with E-state index in [1.807, 2.05) is 26.8 Å². The molecule has 1 aliphatic rings. The lowest BCUT2D eigenvalue weighted by Crippen LogP contribution is -2.37. The molecular formula is C16H21Cl2NO3. The van der Waals surface area contributed by atoms with Crippen molar-refractivity contribution in [2.24, 2.45) is 5.92 Å². The minimum atomic E-state index is -0.541. The maximum Gasteiger partial charge on any atom is 0.407 e. The van der Waals surface area contributed by atoms with Crippen molar-refractivity contribution in [3.63, 3.8) is 0 Å². The van der Waals surface area contributed by atoms with Crippen LogP contribution in [0.1, 0.15) is 32.8 Å². The average Bonchev–Trinajstić information content (AvgIpc) is 3.13. The lowest BCUT2D eigenvalue weighted by Gasteiger charge is -2.23. The van der Waals surface area contributed by atoms with E-state index in [0.29, 0.717) is 16.6 Å². The van der Waals surface area contributed by atoms with Crippen LogP contribution < -0.4 is 5.32 Å². The molecule has 1 aliphatic carbocycles. The number of nitrogens with one attached hydrogen (secondary N) is 1. The highest BCUT2D eigenvalue weighted by Gasteiger charge is 2.55. The van der Waals surface area contributed by atoms with Crippen LogP contribution >= 0.6 is 23.2 Å². The molecule has 0 heterocycles. The van der Waals surface area contributed by atoms with Crippen LogP contribution in [0.2, 0.25) is 10.0 Å². The summed E-state index contributed by atoms with van der Waals surface area (Å²) in [5.74, 6) is 0.0969. The summed E-state index contributed by atoms with van der Waals surface area (Å²) in [6.45, 7) is 5.90.